The normalized spacial score (nSPS) is 28.1. The van der Waals surface area contributed by atoms with Crippen LogP contribution in [0.15, 0.2) is 50.0 Å². The van der Waals surface area contributed by atoms with Crippen molar-refractivity contribution >= 4 is 46.4 Å². The van der Waals surface area contributed by atoms with Crippen molar-refractivity contribution in [3.63, 3.8) is 0 Å². The van der Waals surface area contributed by atoms with Crippen molar-refractivity contribution < 1.29 is 9.47 Å². The van der Waals surface area contributed by atoms with Crippen LogP contribution in [0, 0.1) is 0 Å². The zero-order chi connectivity index (χ0) is 19.8. The molecule has 1 aliphatic carbocycles. The Kier molecular flexibility index (Phi) is 4.17. The van der Waals surface area contributed by atoms with Gasteiger partial charge in [-0.25, -0.2) is 14.2 Å². The summed E-state index contributed by atoms with van der Waals surface area (Å²) in [7, 11) is 2.55. The Bertz CT molecular complexity index is 1030. The number of alkyl halides is 2. The van der Waals surface area contributed by atoms with Crippen molar-refractivity contribution in [1.82, 2.24) is 13.9 Å². The zero-order valence-corrected chi connectivity index (χ0v) is 17.1. The van der Waals surface area contributed by atoms with Gasteiger partial charge in [0.15, 0.2) is 0 Å². The molecule has 7 nitrogen and oxygen atoms in total. The van der Waals surface area contributed by atoms with Crippen molar-refractivity contribution in [2.24, 2.45) is 0 Å². The van der Waals surface area contributed by atoms with Gasteiger partial charge in [-0.3, -0.25) is 0 Å². The van der Waals surface area contributed by atoms with Crippen LogP contribution in [-0.4, -0.2) is 33.9 Å². The van der Waals surface area contributed by atoms with Crippen LogP contribution in [-0.2, 0) is 26.0 Å². The van der Waals surface area contributed by atoms with E-state index in [1.165, 1.54) is 14.2 Å². The van der Waals surface area contributed by atoms with Crippen molar-refractivity contribution in [1.29, 1.82) is 0 Å². The maximum absolute atomic E-state index is 13.1. The third kappa shape index (κ3) is 1.88. The van der Waals surface area contributed by atoms with Crippen LogP contribution in [0.3, 0.4) is 0 Å². The maximum Gasteiger partial charge on any atom is 0.349 e. The van der Waals surface area contributed by atoms with Gasteiger partial charge in [-0.15, -0.1) is 0 Å². The van der Waals surface area contributed by atoms with Gasteiger partial charge in [-0.1, -0.05) is 76.7 Å². The lowest BCUT2D eigenvalue weighted by atomic mass is 10.1. The number of rotatable bonds is 4. The molecule has 0 fully saturated rings. The highest BCUT2D eigenvalue weighted by Crippen LogP contribution is 2.68. The molecular formula is C16H13Cl4N3O4. The van der Waals surface area contributed by atoms with Gasteiger partial charge in [-0.2, -0.15) is 9.36 Å². The summed E-state index contributed by atoms with van der Waals surface area (Å²) in [5.74, 6) is -1.90. The van der Waals surface area contributed by atoms with E-state index >= 15 is 0 Å². The molecule has 2 aliphatic rings. The Labute approximate surface area is 173 Å². The Hall–Kier alpha value is -1.22. The minimum absolute atomic E-state index is 0.0215. The Balaban J connectivity index is 2.03. The number of benzene rings is 1. The molecule has 1 aliphatic heterocycles. The second-order valence-electron chi connectivity index (χ2n) is 6.16. The van der Waals surface area contributed by atoms with Crippen LogP contribution in [0.25, 0.3) is 0 Å². The molecule has 144 valence electrons. The Morgan fingerprint density at radius 3 is 1.74 bits per heavy atom. The molecule has 1 aromatic carbocycles. The van der Waals surface area contributed by atoms with E-state index in [4.69, 9.17) is 55.9 Å². The van der Waals surface area contributed by atoms with Gasteiger partial charge in [0.25, 0.3) is 5.79 Å². The van der Waals surface area contributed by atoms with E-state index in [1.54, 1.807) is 24.3 Å². The molecule has 2 aromatic rings. The van der Waals surface area contributed by atoms with E-state index in [0.29, 0.717) is 0 Å². The zero-order valence-electron chi connectivity index (χ0n) is 14.1. The molecule has 27 heavy (non-hydrogen) atoms. The van der Waals surface area contributed by atoms with Crippen molar-refractivity contribution in [2.75, 3.05) is 14.2 Å². The van der Waals surface area contributed by atoms with Crippen LogP contribution < -0.4 is 11.4 Å². The third-order valence-electron chi connectivity index (χ3n) is 5.01. The first-order valence-corrected chi connectivity index (χ1v) is 9.27. The van der Waals surface area contributed by atoms with Gasteiger partial charge >= 0.3 is 11.4 Å². The van der Waals surface area contributed by atoms with E-state index in [-0.39, 0.29) is 16.6 Å². The van der Waals surface area contributed by atoms with Crippen molar-refractivity contribution in [3.8, 4) is 0 Å². The lowest BCUT2D eigenvalue weighted by Crippen LogP contribution is -2.58. The number of nitrogens with zero attached hydrogens (tertiary/aromatic N) is 3. The number of methoxy groups -OCH3 is 2. The highest BCUT2D eigenvalue weighted by Gasteiger charge is 2.82. The average Bonchev–Trinajstić information content (AvgIpc) is 3.08. The van der Waals surface area contributed by atoms with Gasteiger partial charge in [0.1, 0.15) is 0 Å². The van der Waals surface area contributed by atoms with E-state index in [9.17, 15) is 9.59 Å². The second kappa shape index (κ2) is 5.89. The minimum atomic E-state index is -1.95. The van der Waals surface area contributed by atoms with Gasteiger partial charge in [0.2, 0.25) is 10.00 Å². The van der Waals surface area contributed by atoms with Crippen LogP contribution in [0.1, 0.15) is 5.56 Å². The van der Waals surface area contributed by atoms with E-state index in [0.717, 1.165) is 19.5 Å². The molecule has 0 radical (unpaired) electrons. The lowest BCUT2D eigenvalue weighted by Gasteiger charge is -2.38. The molecule has 2 atom stereocenters. The fourth-order valence-corrected chi connectivity index (χ4v) is 5.70. The van der Waals surface area contributed by atoms with Crippen molar-refractivity contribution in [2.45, 2.75) is 22.3 Å². The highest BCUT2D eigenvalue weighted by molar-refractivity contribution is 6.50. The molecule has 1 aromatic heterocycles. The molecule has 0 amide bonds. The summed E-state index contributed by atoms with van der Waals surface area (Å²) in [5, 5.41) is -0.299. The van der Waals surface area contributed by atoms with E-state index in [1.807, 2.05) is 6.07 Å². The number of hydrogen-bond acceptors (Lipinski definition) is 4. The molecule has 4 rings (SSSR count). The summed E-state index contributed by atoms with van der Waals surface area (Å²) in [6.07, 6.45) is 0. The van der Waals surface area contributed by atoms with Crippen LogP contribution >= 0.6 is 46.4 Å². The predicted molar refractivity (Wildman–Crippen MR) is 102 cm³/mol. The first-order valence-electron chi connectivity index (χ1n) is 7.76. The largest absolute Gasteiger partial charge is 0.349 e. The number of hydrogen-bond donors (Lipinski definition) is 0. The van der Waals surface area contributed by atoms with Crippen LogP contribution in [0.4, 0.5) is 0 Å². The molecule has 2 bridgehead atoms. The lowest BCUT2D eigenvalue weighted by molar-refractivity contribution is -0.240. The summed E-state index contributed by atoms with van der Waals surface area (Å²) >= 11 is 26.2. The van der Waals surface area contributed by atoms with Gasteiger partial charge in [-0.05, 0) is 5.56 Å². The topological polar surface area (TPSA) is 67.4 Å². The standard InChI is InChI=1S/C16H13Cl4N3O4/c1-26-16(27-2)14(19)10(17)11(18)15(16,20)23-13(25)21(12(24)22(14)23)8-9-6-4-3-5-7-9/h3-7H,8H2,1-2H3/t14-,15-/m0/s1. The Morgan fingerprint density at radius 2 is 1.33 bits per heavy atom. The van der Waals surface area contributed by atoms with E-state index in [2.05, 4.69) is 0 Å². The number of halogens is 4. The number of ether oxygens (including phenoxy) is 2. The predicted octanol–water partition coefficient (Wildman–Crippen LogP) is 2.35. The molecule has 2 heterocycles. The Morgan fingerprint density at radius 1 is 0.889 bits per heavy atom. The molecule has 0 N–H and O–H groups in total. The van der Waals surface area contributed by atoms with Crippen LogP contribution in [0.5, 0.6) is 0 Å². The smallest absolute Gasteiger partial charge is 0.347 e. The molecular weight excluding hydrogens is 440 g/mol. The maximum atomic E-state index is 13.1. The van der Waals surface area contributed by atoms with Crippen LogP contribution in [0.2, 0.25) is 0 Å². The highest BCUT2D eigenvalue weighted by atomic mass is 35.5. The minimum Gasteiger partial charge on any atom is -0.347 e. The summed E-state index contributed by atoms with van der Waals surface area (Å²) in [4.78, 5) is 22.3. The quantitative estimate of drug-likeness (QED) is 0.527. The molecule has 0 unspecified atom stereocenters. The van der Waals surface area contributed by atoms with Gasteiger partial charge in [0, 0.05) is 14.2 Å². The fraction of sp³-hybridized carbons (Fsp3) is 0.375. The first kappa shape index (κ1) is 19.1. The second-order valence-corrected chi connectivity index (χ2v) is 8.01. The summed E-state index contributed by atoms with van der Waals surface area (Å²) in [6, 6.07) is 9.00. The average molecular weight is 453 g/mol. The first-order chi connectivity index (χ1) is 12.7. The summed E-state index contributed by atoms with van der Waals surface area (Å²) in [5.41, 5.74) is -0.694. The molecule has 0 saturated heterocycles. The number of fused-ring (bicyclic) bond motifs is 5. The van der Waals surface area contributed by atoms with Gasteiger partial charge in [0.05, 0.1) is 16.6 Å². The van der Waals surface area contributed by atoms with Gasteiger partial charge < -0.3 is 9.47 Å². The third-order valence-corrected chi connectivity index (χ3v) is 7.42. The molecule has 0 spiro atoms. The SMILES string of the molecule is COC1(OC)[C@]2(Cl)C(Cl)=C(Cl)[C@]1(Cl)n1c(=O)n(Cc3ccccc3)c(=O)n12. The monoisotopic (exact) mass is 451 g/mol. The summed E-state index contributed by atoms with van der Waals surface area (Å²) < 4.78 is 13.8. The van der Waals surface area contributed by atoms with E-state index < -0.39 is 27.2 Å². The fourth-order valence-electron chi connectivity index (χ4n) is 3.81. The molecule has 0 saturated carbocycles. The summed E-state index contributed by atoms with van der Waals surface area (Å²) in [6.45, 7) is 0.0215. The number of aromatic nitrogens is 3. The molecule has 11 heteroatoms. The van der Waals surface area contributed by atoms with Crippen molar-refractivity contribution in [3.05, 3.63) is 66.9 Å².